The lowest BCUT2D eigenvalue weighted by Crippen LogP contribution is -2.27. The SMILES string of the molecule is O=C(O)c1ccccc1-c1c(C(=O)[O-])ccc(C(=O)[O-])c1-c1ccccc1C(=O)O. The van der Waals surface area contributed by atoms with Crippen molar-refractivity contribution in [2.45, 2.75) is 0 Å². The average Bonchev–Trinajstić information content (AvgIpc) is 2.72. The van der Waals surface area contributed by atoms with E-state index in [1.807, 2.05) is 0 Å². The summed E-state index contributed by atoms with van der Waals surface area (Å²) in [5.41, 5.74) is -2.39. The molecule has 0 aliphatic carbocycles. The molecule has 0 saturated carbocycles. The van der Waals surface area contributed by atoms with E-state index in [9.17, 15) is 39.6 Å². The first-order valence-electron chi connectivity index (χ1n) is 8.49. The molecule has 2 N–H and O–H groups in total. The molecule has 0 spiro atoms. The van der Waals surface area contributed by atoms with Gasteiger partial charge in [0.1, 0.15) is 0 Å². The minimum absolute atomic E-state index is 0.109. The lowest BCUT2D eigenvalue weighted by molar-refractivity contribution is -0.256. The van der Waals surface area contributed by atoms with E-state index in [0.29, 0.717) is 0 Å². The van der Waals surface area contributed by atoms with Crippen molar-refractivity contribution in [3.63, 3.8) is 0 Å². The summed E-state index contributed by atoms with van der Waals surface area (Å²) in [6, 6.07) is 12.7. The first kappa shape index (κ1) is 20.3. The number of benzene rings is 3. The number of aromatic carboxylic acids is 4. The van der Waals surface area contributed by atoms with Crippen LogP contribution in [-0.4, -0.2) is 34.1 Å². The van der Waals surface area contributed by atoms with Gasteiger partial charge in [-0.25, -0.2) is 9.59 Å². The first-order valence-corrected chi connectivity index (χ1v) is 8.49. The highest BCUT2D eigenvalue weighted by molar-refractivity contribution is 6.12. The third kappa shape index (κ3) is 3.49. The van der Waals surface area contributed by atoms with Gasteiger partial charge in [0.25, 0.3) is 0 Å². The van der Waals surface area contributed by atoms with Crippen molar-refractivity contribution in [3.8, 4) is 22.3 Å². The van der Waals surface area contributed by atoms with Crippen LogP contribution in [0.2, 0.25) is 0 Å². The summed E-state index contributed by atoms with van der Waals surface area (Å²) in [7, 11) is 0. The van der Waals surface area contributed by atoms with E-state index in [1.165, 1.54) is 48.5 Å². The van der Waals surface area contributed by atoms with Crippen molar-refractivity contribution in [1.82, 2.24) is 0 Å². The third-order valence-electron chi connectivity index (χ3n) is 4.50. The Morgan fingerprint density at radius 3 is 1.17 bits per heavy atom. The van der Waals surface area contributed by atoms with Crippen LogP contribution in [-0.2, 0) is 0 Å². The van der Waals surface area contributed by atoms with Gasteiger partial charge in [0.15, 0.2) is 0 Å². The molecule has 0 saturated heterocycles. The molecule has 0 fully saturated rings. The molecule has 3 aromatic carbocycles. The van der Waals surface area contributed by atoms with Gasteiger partial charge in [0.05, 0.1) is 23.1 Å². The van der Waals surface area contributed by atoms with E-state index in [4.69, 9.17) is 0 Å². The minimum Gasteiger partial charge on any atom is -0.545 e. The van der Waals surface area contributed by atoms with Gasteiger partial charge in [-0.15, -0.1) is 0 Å². The quantitative estimate of drug-likeness (QED) is 0.620. The second kappa shape index (κ2) is 7.88. The van der Waals surface area contributed by atoms with Gasteiger partial charge >= 0.3 is 11.9 Å². The molecular formula is C22H12O8-2. The summed E-state index contributed by atoms with van der Waals surface area (Å²) in [6.45, 7) is 0. The lowest BCUT2D eigenvalue weighted by Gasteiger charge is -2.22. The third-order valence-corrected chi connectivity index (χ3v) is 4.50. The monoisotopic (exact) mass is 404 g/mol. The highest BCUT2D eigenvalue weighted by Gasteiger charge is 2.24. The molecular weight excluding hydrogens is 392 g/mol. The Hall–Kier alpha value is -4.46. The molecule has 0 heterocycles. The van der Waals surface area contributed by atoms with Crippen LogP contribution in [0.1, 0.15) is 41.4 Å². The van der Waals surface area contributed by atoms with Crippen LogP contribution in [0.5, 0.6) is 0 Å². The lowest BCUT2D eigenvalue weighted by atomic mass is 9.83. The smallest absolute Gasteiger partial charge is 0.336 e. The molecule has 0 aliphatic heterocycles. The van der Waals surface area contributed by atoms with E-state index in [2.05, 4.69) is 0 Å². The van der Waals surface area contributed by atoms with Gasteiger partial charge in [0.2, 0.25) is 0 Å². The number of hydrogen-bond donors (Lipinski definition) is 2. The van der Waals surface area contributed by atoms with Crippen LogP contribution in [0, 0.1) is 0 Å². The zero-order valence-corrected chi connectivity index (χ0v) is 15.1. The van der Waals surface area contributed by atoms with Gasteiger partial charge in [-0.2, -0.15) is 0 Å². The standard InChI is InChI=1S/C22H14O8/c23-19(24)13-7-3-1-5-11(13)17-15(21(27)28)9-10-16(22(29)30)18(17)12-6-2-4-8-14(12)20(25)26/h1-10H,(H,23,24)(H,25,26)(H,27,28)(H,29,30)/p-2. The van der Waals surface area contributed by atoms with Gasteiger partial charge < -0.3 is 30.0 Å². The summed E-state index contributed by atoms with van der Waals surface area (Å²) in [5.74, 6) is -6.15. The Kier molecular flexibility index (Phi) is 5.33. The Balaban J connectivity index is 2.59. The second-order valence-electron chi connectivity index (χ2n) is 6.19. The number of rotatable bonds is 6. The van der Waals surface area contributed by atoms with Crippen molar-refractivity contribution < 1.29 is 39.6 Å². The van der Waals surface area contributed by atoms with Crippen LogP contribution in [0.15, 0.2) is 60.7 Å². The largest absolute Gasteiger partial charge is 0.545 e. The summed E-state index contributed by atoms with van der Waals surface area (Å²) in [4.78, 5) is 47.1. The van der Waals surface area contributed by atoms with Crippen molar-refractivity contribution in [3.05, 3.63) is 82.9 Å². The zero-order valence-electron chi connectivity index (χ0n) is 15.1. The van der Waals surface area contributed by atoms with Crippen molar-refractivity contribution in [1.29, 1.82) is 0 Å². The summed E-state index contributed by atoms with van der Waals surface area (Å²) < 4.78 is 0. The maximum absolute atomic E-state index is 11.8. The zero-order chi connectivity index (χ0) is 22.0. The summed E-state index contributed by atoms with van der Waals surface area (Å²) in [5, 5.41) is 42.8. The normalized spacial score (nSPS) is 10.4. The van der Waals surface area contributed by atoms with E-state index in [0.717, 1.165) is 12.1 Å². The molecule has 30 heavy (non-hydrogen) atoms. The van der Waals surface area contributed by atoms with Crippen LogP contribution in [0.3, 0.4) is 0 Å². The average molecular weight is 404 g/mol. The van der Waals surface area contributed by atoms with Crippen LogP contribution >= 0.6 is 0 Å². The fourth-order valence-corrected chi connectivity index (χ4v) is 3.28. The summed E-state index contributed by atoms with van der Waals surface area (Å²) in [6.07, 6.45) is 0. The highest BCUT2D eigenvalue weighted by atomic mass is 16.4. The molecule has 0 atom stereocenters. The molecule has 150 valence electrons. The number of carboxylic acid groups (broad SMARTS) is 4. The maximum Gasteiger partial charge on any atom is 0.336 e. The van der Waals surface area contributed by atoms with Gasteiger partial charge in [-0.1, -0.05) is 48.5 Å². The highest BCUT2D eigenvalue weighted by Crippen LogP contribution is 2.40. The predicted octanol–water partition coefficient (Wildman–Crippen LogP) is 1.14. The molecule has 0 aromatic heterocycles. The number of hydrogen-bond acceptors (Lipinski definition) is 6. The van der Waals surface area contributed by atoms with Crippen LogP contribution in [0.25, 0.3) is 22.3 Å². The van der Waals surface area contributed by atoms with E-state index in [-0.39, 0.29) is 33.4 Å². The van der Waals surface area contributed by atoms with Crippen molar-refractivity contribution in [2.24, 2.45) is 0 Å². The van der Waals surface area contributed by atoms with E-state index in [1.54, 1.807) is 0 Å². The fourth-order valence-electron chi connectivity index (χ4n) is 3.28. The molecule has 0 radical (unpaired) electrons. The number of carbonyl (C=O) groups excluding carboxylic acids is 2. The number of carbonyl (C=O) groups is 4. The van der Waals surface area contributed by atoms with Gasteiger partial charge in [0, 0.05) is 22.3 Å². The van der Waals surface area contributed by atoms with E-state index < -0.39 is 35.0 Å². The van der Waals surface area contributed by atoms with E-state index >= 15 is 0 Å². The van der Waals surface area contributed by atoms with Crippen molar-refractivity contribution in [2.75, 3.05) is 0 Å². The van der Waals surface area contributed by atoms with Crippen LogP contribution in [0.4, 0.5) is 0 Å². The molecule has 0 amide bonds. The molecule has 3 aromatic rings. The minimum atomic E-state index is -1.69. The molecule has 8 nitrogen and oxygen atoms in total. The molecule has 0 bridgehead atoms. The Morgan fingerprint density at radius 1 is 0.533 bits per heavy atom. The molecule has 0 aliphatic rings. The fraction of sp³-hybridized carbons (Fsp3) is 0. The molecule has 8 heteroatoms. The van der Waals surface area contributed by atoms with Crippen LogP contribution < -0.4 is 10.2 Å². The van der Waals surface area contributed by atoms with Gasteiger partial charge in [-0.3, -0.25) is 0 Å². The first-order chi connectivity index (χ1) is 14.2. The molecule has 3 rings (SSSR count). The number of carboxylic acids is 4. The Morgan fingerprint density at radius 2 is 0.867 bits per heavy atom. The van der Waals surface area contributed by atoms with Gasteiger partial charge in [-0.05, 0) is 23.3 Å². The second-order valence-corrected chi connectivity index (χ2v) is 6.19. The topological polar surface area (TPSA) is 155 Å². The maximum atomic E-state index is 11.8. The summed E-state index contributed by atoms with van der Waals surface area (Å²) >= 11 is 0. The Bertz CT molecular complexity index is 1120. The predicted molar refractivity (Wildman–Crippen MR) is 99.9 cm³/mol. The van der Waals surface area contributed by atoms with Crippen molar-refractivity contribution >= 4 is 23.9 Å². The Labute approximate surface area is 169 Å². The molecule has 0 unspecified atom stereocenters.